The Bertz CT molecular complexity index is 664. The summed E-state index contributed by atoms with van der Waals surface area (Å²) in [5.74, 6) is -14.4. The molecule has 14 heteroatoms. The second-order valence-electron chi connectivity index (χ2n) is 4.01. The summed E-state index contributed by atoms with van der Waals surface area (Å²) in [6, 6.07) is 4.22. The molecule has 0 atom stereocenters. The quantitative estimate of drug-likeness (QED) is 0.408. The SMILES string of the molecule is O=S(=O)(OC(F)(F)C(F)(F)C(F)(F)C(F)(F)F)c1ccccc1.[H-].[K+]. The first-order chi connectivity index (χ1) is 10.1. The maximum atomic E-state index is 13.1. The number of alkyl halides is 9. The molecule has 0 aromatic heterocycles. The molecule has 0 bridgehead atoms. The van der Waals surface area contributed by atoms with Crippen LogP contribution in [0.15, 0.2) is 35.2 Å². The summed E-state index contributed by atoms with van der Waals surface area (Å²) in [6.07, 6.45) is -13.7. The molecule has 1 aromatic rings. The monoisotopic (exact) mass is 416 g/mol. The largest absolute Gasteiger partial charge is 1.00 e. The summed E-state index contributed by atoms with van der Waals surface area (Å²) < 4.78 is 138. The molecule has 0 radical (unpaired) electrons. The Balaban J connectivity index is 0. The van der Waals surface area contributed by atoms with E-state index in [4.69, 9.17) is 0 Å². The van der Waals surface area contributed by atoms with Crippen molar-refractivity contribution in [2.45, 2.75) is 29.0 Å². The van der Waals surface area contributed by atoms with Crippen LogP contribution in [0.2, 0.25) is 0 Å². The summed E-state index contributed by atoms with van der Waals surface area (Å²) in [5, 5.41) is 0. The van der Waals surface area contributed by atoms with Gasteiger partial charge in [0.1, 0.15) is 0 Å². The first kappa shape index (κ1) is 24.1. The van der Waals surface area contributed by atoms with Gasteiger partial charge in [-0.2, -0.15) is 52.1 Å². The minimum absolute atomic E-state index is 0. The Labute approximate surface area is 173 Å². The molecule has 1 rings (SSSR count). The van der Waals surface area contributed by atoms with E-state index in [1.807, 2.05) is 0 Å². The first-order valence-electron chi connectivity index (χ1n) is 5.27. The van der Waals surface area contributed by atoms with Gasteiger partial charge in [0.15, 0.2) is 0 Å². The number of rotatable bonds is 5. The zero-order valence-corrected chi connectivity index (χ0v) is 15.4. The van der Waals surface area contributed by atoms with E-state index in [9.17, 15) is 47.9 Å². The molecule has 1 aromatic carbocycles. The van der Waals surface area contributed by atoms with Crippen LogP contribution < -0.4 is 51.4 Å². The third-order valence-electron chi connectivity index (χ3n) is 2.36. The molecule has 0 amide bonds. The molecule has 0 fully saturated rings. The molecule has 134 valence electrons. The van der Waals surface area contributed by atoms with Gasteiger partial charge in [-0.25, -0.2) is 0 Å². The van der Waals surface area contributed by atoms with E-state index < -0.39 is 39.1 Å². The molecule has 0 aliphatic heterocycles. The van der Waals surface area contributed by atoms with Crippen molar-refractivity contribution in [2.24, 2.45) is 0 Å². The van der Waals surface area contributed by atoms with Gasteiger partial charge in [-0.3, -0.25) is 0 Å². The molecule has 0 unspecified atom stereocenters. The molecule has 0 heterocycles. The fourth-order valence-corrected chi connectivity index (χ4v) is 2.15. The van der Waals surface area contributed by atoms with Crippen molar-refractivity contribution in [1.82, 2.24) is 0 Å². The van der Waals surface area contributed by atoms with Crippen molar-refractivity contribution in [1.29, 1.82) is 0 Å². The van der Waals surface area contributed by atoms with Crippen molar-refractivity contribution in [3.63, 3.8) is 0 Å². The maximum Gasteiger partial charge on any atom is 1.00 e. The van der Waals surface area contributed by atoms with Crippen LogP contribution in [-0.4, -0.2) is 32.5 Å². The summed E-state index contributed by atoms with van der Waals surface area (Å²) in [5.41, 5.74) is 0. The number of halogens is 9. The predicted octanol–water partition coefficient (Wildman–Crippen LogP) is 0.934. The predicted molar refractivity (Wildman–Crippen MR) is 56.7 cm³/mol. The van der Waals surface area contributed by atoms with Gasteiger partial charge in [0.2, 0.25) is 0 Å². The minimum atomic E-state index is -7.24. The van der Waals surface area contributed by atoms with Gasteiger partial charge in [0.25, 0.3) is 0 Å². The van der Waals surface area contributed by atoms with Gasteiger partial charge >= 0.3 is 85.6 Å². The molecule has 0 saturated heterocycles. The van der Waals surface area contributed by atoms with Crippen LogP contribution in [0.25, 0.3) is 0 Å². The van der Waals surface area contributed by atoms with Gasteiger partial charge in [-0.15, -0.1) is 0 Å². The minimum Gasteiger partial charge on any atom is -1.00 e. The van der Waals surface area contributed by atoms with E-state index in [-0.39, 0.29) is 52.8 Å². The summed E-state index contributed by atoms with van der Waals surface area (Å²) in [7, 11) is -5.74. The van der Waals surface area contributed by atoms with E-state index in [0.717, 1.165) is 12.1 Å². The van der Waals surface area contributed by atoms with E-state index >= 15 is 0 Å². The van der Waals surface area contributed by atoms with E-state index in [1.165, 1.54) is 6.07 Å². The number of hydrogen-bond acceptors (Lipinski definition) is 3. The third kappa shape index (κ3) is 4.45. The van der Waals surface area contributed by atoms with Crippen LogP contribution in [0.4, 0.5) is 39.5 Å². The third-order valence-corrected chi connectivity index (χ3v) is 3.64. The van der Waals surface area contributed by atoms with Crippen LogP contribution >= 0.6 is 0 Å². The Hall–Kier alpha value is 0.136. The molecule has 0 aliphatic carbocycles. The van der Waals surface area contributed by atoms with Crippen LogP contribution in [0.1, 0.15) is 1.43 Å². The molecular formula is C10H6F9KO3S. The molecule has 0 N–H and O–H groups in total. The molecule has 24 heavy (non-hydrogen) atoms. The zero-order valence-electron chi connectivity index (χ0n) is 12.4. The van der Waals surface area contributed by atoms with Gasteiger partial charge in [0.05, 0.1) is 4.90 Å². The normalized spacial score (nSPS) is 14.2. The van der Waals surface area contributed by atoms with E-state index in [0.29, 0.717) is 12.1 Å². The van der Waals surface area contributed by atoms with Crippen molar-refractivity contribution in [3.8, 4) is 0 Å². The van der Waals surface area contributed by atoms with Crippen LogP contribution in [0.5, 0.6) is 0 Å². The van der Waals surface area contributed by atoms with Crippen molar-refractivity contribution in [3.05, 3.63) is 30.3 Å². The van der Waals surface area contributed by atoms with Gasteiger partial charge < -0.3 is 1.43 Å². The average molecular weight is 416 g/mol. The zero-order chi connectivity index (χ0) is 18.3. The van der Waals surface area contributed by atoms with E-state index in [2.05, 4.69) is 4.18 Å². The van der Waals surface area contributed by atoms with Crippen LogP contribution in [-0.2, 0) is 14.3 Å². The number of hydrogen-bond donors (Lipinski definition) is 0. The first-order valence-corrected chi connectivity index (χ1v) is 6.68. The van der Waals surface area contributed by atoms with Crippen molar-refractivity contribution in [2.75, 3.05) is 0 Å². The van der Waals surface area contributed by atoms with Gasteiger partial charge in [-0.1, -0.05) is 18.2 Å². The Kier molecular flexibility index (Phi) is 7.44. The molecule has 0 saturated carbocycles. The fraction of sp³-hybridized carbons (Fsp3) is 0.400. The Morgan fingerprint density at radius 2 is 1.21 bits per heavy atom. The van der Waals surface area contributed by atoms with E-state index in [1.54, 1.807) is 0 Å². The smallest absolute Gasteiger partial charge is 1.00 e. The Morgan fingerprint density at radius 1 is 0.792 bits per heavy atom. The van der Waals surface area contributed by atoms with Gasteiger partial charge in [-0.05, 0) is 12.1 Å². The van der Waals surface area contributed by atoms with Crippen molar-refractivity contribution < 1.29 is 105 Å². The second-order valence-corrected chi connectivity index (χ2v) is 5.56. The topological polar surface area (TPSA) is 43.4 Å². The van der Waals surface area contributed by atoms with Gasteiger partial charge in [0, 0.05) is 0 Å². The molecule has 0 aliphatic rings. The standard InChI is InChI=1S/C10H5F9O3S.K.H/c11-7(12,9(15,16)17)8(13,14)10(18,19)22-23(20,21)6-4-2-1-3-5-6;;/h1-5H;;/q;+1;-1. The summed E-state index contributed by atoms with van der Waals surface area (Å²) >= 11 is 0. The number of benzene rings is 1. The molecular weight excluding hydrogens is 410 g/mol. The summed E-state index contributed by atoms with van der Waals surface area (Å²) in [4.78, 5) is -1.15. The average Bonchev–Trinajstić information content (AvgIpc) is 2.36. The van der Waals surface area contributed by atoms with Crippen molar-refractivity contribution >= 4 is 10.1 Å². The van der Waals surface area contributed by atoms with Crippen LogP contribution in [0, 0.1) is 0 Å². The Morgan fingerprint density at radius 3 is 1.58 bits per heavy atom. The summed E-state index contributed by atoms with van der Waals surface area (Å²) in [6.45, 7) is 0. The molecule has 0 spiro atoms. The molecule has 3 nitrogen and oxygen atoms in total. The maximum absolute atomic E-state index is 13.1. The second kappa shape index (κ2) is 7.40. The van der Waals surface area contributed by atoms with Crippen LogP contribution in [0.3, 0.4) is 0 Å². The fourth-order valence-electron chi connectivity index (χ4n) is 1.19.